The van der Waals surface area contributed by atoms with E-state index in [4.69, 9.17) is 11.6 Å². The third-order valence-electron chi connectivity index (χ3n) is 4.51. The summed E-state index contributed by atoms with van der Waals surface area (Å²) in [6.45, 7) is 1.91. The SMILES string of the molecule is O=C(O)c1cccc(Cl)c1N1CC2CCCCC2C1. The zero-order valence-electron chi connectivity index (χ0n) is 10.8. The average molecular weight is 280 g/mol. The Kier molecular flexibility index (Phi) is 3.40. The van der Waals surface area contributed by atoms with Crippen LogP contribution in [0.25, 0.3) is 0 Å². The number of carboxylic acids is 1. The minimum Gasteiger partial charge on any atom is -0.478 e. The second-order valence-electron chi connectivity index (χ2n) is 5.65. The quantitative estimate of drug-likeness (QED) is 0.898. The van der Waals surface area contributed by atoms with Crippen molar-refractivity contribution in [2.24, 2.45) is 11.8 Å². The Morgan fingerprint density at radius 1 is 1.21 bits per heavy atom. The zero-order chi connectivity index (χ0) is 13.4. The third-order valence-corrected chi connectivity index (χ3v) is 4.81. The zero-order valence-corrected chi connectivity index (χ0v) is 11.6. The predicted octanol–water partition coefficient (Wildman–Crippen LogP) is 3.66. The van der Waals surface area contributed by atoms with Crippen LogP contribution in [0.5, 0.6) is 0 Å². The molecule has 1 N–H and O–H groups in total. The molecule has 0 bridgehead atoms. The maximum absolute atomic E-state index is 11.4. The summed E-state index contributed by atoms with van der Waals surface area (Å²) in [4.78, 5) is 13.5. The second-order valence-corrected chi connectivity index (χ2v) is 6.06. The molecule has 1 saturated heterocycles. The molecule has 2 aliphatic rings. The molecule has 1 aromatic carbocycles. The standard InChI is InChI=1S/C15H18ClNO2/c16-13-7-3-6-12(15(18)19)14(13)17-8-10-4-1-2-5-11(10)9-17/h3,6-7,10-11H,1-2,4-5,8-9H2,(H,18,19). The van der Waals surface area contributed by atoms with Crippen molar-refractivity contribution in [1.29, 1.82) is 0 Å². The Morgan fingerprint density at radius 3 is 2.42 bits per heavy atom. The molecule has 1 aromatic rings. The van der Waals surface area contributed by atoms with Crippen LogP contribution >= 0.6 is 11.6 Å². The van der Waals surface area contributed by atoms with Crippen molar-refractivity contribution in [1.82, 2.24) is 0 Å². The van der Waals surface area contributed by atoms with E-state index in [9.17, 15) is 9.90 Å². The monoisotopic (exact) mass is 279 g/mol. The van der Waals surface area contributed by atoms with Crippen LogP contribution in [-0.4, -0.2) is 24.2 Å². The lowest BCUT2D eigenvalue weighted by atomic mass is 9.82. The highest BCUT2D eigenvalue weighted by Gasteiger charge is 2.36. The van der Waals surface area contributed by atoms with Gasteiger partial charge in [-0.2, -0.15) is 0 Å². The van der Waals surface area contributed by atoms with Crippen molar-refractivity contribution in [3.63, 3.8) is 0 Å². The highest BCUT2D eigenvalue weighted by Crippen LogP contribution is 2.41. The Balaban J connectivity index is 1.92. The van der Waals surface area contributed by atoms with E-state index in [1.807, 2.05) is 0 Å². The molecular weight excluding hydrogens is 262 g/mol. The molecule has 2 unspecified atom stereocenters. The summed E-state index contributed by atoms with van der Waals surface area (Å²) < 4.78 is 0. The van der Waals surface area contributed by atoms with Gasteiger partial charge in [-0.15, -0.1) is 0 Å². The van der Waals surface area contributed by atoms with Crippen LogP contribution in [0, 0.1) is 11.8 Å². The van der Waals surface area contributed by atoms with E-state index in [0.29, 0.717) is 28.1 Å². The fraction of sp³-hybridized carbons (Fsp3) is 0.533. The van der Waals surface area contributed by atoms with Crippen molar-refractivity contribution < 1.29 is 9.90 Å². The molecule has 1 aliphatic heterocycles. The van der Waals surface area contributed by atoms with Crippen LogP contribution in [0.15, 0.2) is 18.2 Å². The number of halogens is 1. The van der Waals surface area contributed by atoms with E-state index in [-0.39, 0.29) is 0 Å². The van der Waals surface area contributed by atoms with E-state index in [2.05, 4.69) is 4.90 Å². The van der Waals surface area contributed by atoms with Crippen LogP contribution < -0.4 is 4.90 Å². The van der Waals surface area contributed by atoms with Crippen molar-refractivity contribution >= 4 is 23.3 Å². The van der Waals surface area contributed by atoms with Crippen molar-refractivity contribution in [3.05, 3.63) is 28.8 Å². The lowest BCUT2D eigenvalue weighted by molar-refractivity contribution is 0.0697. The van der Waals surface area contributed by atoms with Crippen molar-refractivity contribution in [2.45, 2.75) is 25.7 Å². The van der Waals surface area contributed by atoms with Gasteiger partial charge in [0.15, 0.2) is 0 Å². The molecule has 0 spiro atoms. The van der Waals surface area contributed by atoms with Crippen LogP contribution in [-0.2, 0) is 0 Å². The second kappa shape index (κ2) is 5.04. The summed E-state index contributed by atoms with van der Waals surface area (Å²) in [5, 5.41) is 9.88. The molecule has 102 valence electrons. The number of carbonyl (C=O) groups is 1. The van der Waals surface area contributed by atoms with Gasteiger partial charge in [-0.3, -0.25) is 0 Å². The van der Waals surface area contributed by atoms with E-state index in [0.717, 1.165) is 13.1 Å². The van der Waals surface area contributed by atoms with E-state index < -0.39 is 5.97 Å². The van der Waals surface area contributed by atoms with Gasteiger partial charge in [0, 0.05) is 13.1 Å². The third kappa shape index (κ3) is 2.32. The number of para-hydroxylation sites is 1. The summed E-state index contributed by atoms with van der Waals surface area (Å²) in [7, 11) is 0. The predicted molar refractivity (Wildman–Crippen MR) is 76.1 cm³/mol. The highest BCUT2D eigenvalue weighted by atomic mass is 35.5. The van der Waals surface area contributed by atoms with Crippen LogP contribution in [0.2, 0.25) is 5.02 Å². The van der Waals surface area contributed by atoms with Gasteiger partial charge in [0.2, 0.25) is 0 Å². The number of anilines is 1. The number of rotatable bonds is 2. The smallest absolute Gasteiger partial charge is 0.337 e. The minimum atomic E-state index is -0.896. The first-order valence-corrected chi connectivity index (χ1v) is 7.31. The number of hydrogen-bond acceptors (Lipinski definition) is 2. The largest absolute Gasteiger partial charge is 0.478 e. The fourth-order valence-corrected chi connectivity index (χ4v) is 3.89. The number of nitrogens with zero attached hydrogens (tertiary/aromatic N) is 1. The molecule has 4 heteroatoms. The van der Waals surface area contributed by atoms with Gasteiger partial charge in [-0.05, 0) is 36.8 Å². The molecule has 2 fully saturated rings. The number of aromatic carboxylic acids is 1. The summed E-state index contributed by atoms with van der Waals surface area (Å²) in [5.74, 6) is 0.533. The maximum atomic E-state index is 11.4. The number of carboxylic acid groups (broad SMARTS) is 1. The van der Waals surface area contributed by atoms with Crippen LogP contribution in [0.3, 0.4) is 0 Å². The minimum absolute atomic E-state index is 0.325. The lowest BCUT2D eigenvalue weighted by Gasteiger charge is -2.22. The first kappa shape index (κ1) is 12.8. The molecule has 1 saturated carbocycles. The molecule has 0 radical (unpaired) electrons. The molecule has 0 amide bonds. The van der Waals surface area contributed by atoms with Gasteiger partial charge in [0.05, 0.1) is 16.3 Å². The molecule has 1 heterocycles. The average Bonchev–Trinajstić information content (AvgIpc) is 2.81. The summed E-state index contributed by atoms with van der Waals surface area (Å²) in [5.41, 5.74) is 1.04. The molecule has 0 aromatic heterocycles. The summed E-state index contributed by atoms with van der Waals surface area (Å²) in [6.07, 6.45) is 5.16. The van der Waals surface area contributed by atoms with Gasteiger partial charge in [-0.25, -0.2) is 4.79 Å². The number of fused-ring (bicyclic) bond motifs is 1. The van der Waals surface area contributed by atoms with Crippen LogP contribution in [0.4, 0.5) is 5.69 Å². The van der Waals surface area contributed by atoms with Crippen LogP contribution in [0.1, 0.15) is 36.0 Å². The maximum Gasteiger partial charge on any atom is 0.337 e. The van der Waals surface area contributed by atoms with Gasteiger partial charge < -0.3 is 10.0 Å². The number of benzene rings is 1. The number of hydrogen-bond donors (Lipinski definition) is 1. The van der Waals surface area contributed by atoms with Gasteiger partial charge in [0.1, 0.15) is 0 Å². The lowest BCUT2D eigenvalue weighted by Crippen LogP contribution is -2.22. The normalized spacial score (nSPS) is 26.3. The Morgan fingerprint density at radius 2 is 1.84 bits per heavy atom. The first-order valence-electron chi connectivity index (χ1n) is 6.93. The molecule has 19 heavy (non-hydrogen) atoms. The van der Waals surface area contributed by atoms with E-state index in [1.165, 1.54) is 25.7 Å². The molecule has 3 nitrogen and oxygen atoms in total. The van der Waals surface area contributed by atoms with E-state index in [1.54, 1.807) is 18.2 Å². The topological polar surface area (TPSA) is 40.5 Å². The fourth-order valence-electron chi connectivity index (χ4n) is 3.60. The molecule has 1 aliphatic carbocycles. The van der Waals surface area contributed by atoms with Gasteiger partial charge in [0.25, 0.3) is 0 Å². The highest BCUT2D eigenvalue weighted by molar-refractivity contribution is 6.34. The van der Waals surface area contributed by atoms with Gasteiger partial charge in [-0.1, -0.05) is 30.5 Å². The van der Waals surface area contributed by atoms with Crippen molar-refractivity contribution in [2.75, 3.05) is 18.0 Å². The molecule has 2 atom stereocenters. The Labute approximate surface area is 118 Å². The van der Waals surface area contributed by atoms with Gasteiger partial charge >= 0.3 is 5.97 Å². The molecular formula is C15H18ClNO2. The Bertz CT molecular complexity index is 489. The summed E-state index contributed by atoms with van der Waals surface area (Å²) in [6, 6.07) is 5.13. The van der Waals surface area contributed by atoms with Crippen molar-refractivity contribution in [3.8, 4) is 0 Å². The Hall–Kier alpha value is -1.22. The first-order chi connectivity index (χ1) is 9.16. The molecule has 3 rings (SSSR count). The summed E-state index contributed by atoms with van der Waals surface area (Å²) >= 11 is 6.25. The van der Waals surface area contributed by atoms with E-state index >= 15 is 0 Å².